The second-order valence-corrected chi connectivity index (χ2v) is 8.03. The third-order valence-electron chi connectivity index (χ3n) is 5.86. The van der Waals surface area contributed by atoms with Crippen LogP contribution in [0.25, 0.3) is 5.69 Å². The summed E-state index contributed by atoms with van der Waals surface area (Å²) < 4.78 is 1.74. The van der Waals surface area contributed by atoms with Gasteiger partial charge in [0.25, 0.3) is 0 Å². The summed E-state index contributed by atoms with van der Waals surface area (Å²) in [5.41, 5.74) is 1.63. The maximum atomic E-state index is 13.3. The lowest BCUT2D eigenvalue weighted by molar-refractivity contribution is -0.134. The van der Waals surface area contributed by atoms with Crippen LogP contribution in [0, 0.1) is 0 Å². The van der Waals surface area contributed by atoms with Crippen molar-refractivity contribution in [2.45, 2.75) is 18.3 Å². The summed E-state index contributed by atoms with van der Waals surface area (Å²) in [5.74, 6) is 0.934. The van der Waals surface area contributed by atoms with Gasteiger partial charge in [0, 0.05) is 31.2 Å². The summed E-state index contributed by atoms with van der Waals surface area (Å²) in [6, 6.07) is 17.5. The predicted molar refractivity (Wildman–Crippen MR) is 110 cm³/mol. The second kappa shape index (κ2) is 7.15. The predicted octanol–water partition coefficient (Wildman–Crippen LogP) is 2.70. The van der Waals surface area contributed by atoms with Crippen LogP contribution in [0.1, 0.15) is 18.4 Å². The van der Waals surface area contributed by atoms with E-state index in [1.165, 1.54) is 0 Å². The quantitative estimate of drug-likeness (QED) is 0.664. The zero-order chi connectivity index (χ0) is 19.8. The fraction of sp³-hybridized carbons (Fsp3) is 0.333. The van der Waals surface area contributed by atoms with Gasteiger partial charge < -0.3 is 9.80 Å². The van der Waals surface area contributed by atoms with E-state index in [1.807, 2.05) is 59.5 Å². The third kappa shape index (κ3) is 3.25. The lowest BCUT2D eigenvalue weighted by Gasteiger charge is -2.36. The van der Waals surface area contributed by atoms with Gasteiger partial charge in [-0.1, -0.05) is 47.0 Å². The van der Waals surface area contributed by atoms with Crippen molar-refractivity contribution in [2.24, 2.45) is 0 Å². The molecular weight excluding hydrogens is 388 g/mol. The van der Waals surface area contributed by atoms with Crippen LogP contribution >= 0.6 is 11.6 Å². The molecule has 2 fully saturated rings. The SMILES string of the molecule is O=C(N1CCN(c2nnnn2-c2ccccc2)CC1)C1(c2ccc(Cl)cc2)CC1. The highest BCUT2D eigenvalue weighted by molar-refractivity contribution is 6.30. The Bertz CT molecular complexity index is 1010. The summed E-state index contributed by atoms with van der Waals surface area (Å²) >= 11 is 6.01. The van der Waals surface area contributed by atoms with Gasteiger partial charge in [-0.3, -0.25) is 4.79 Å². The minimum Gasteiger partial charge on any atom is -0.338 e. The molecule has 0 spiro atoms. The van der Waals surface area contributed by atoms with Gasteiger partial charge in [0.15, 0.2) is 0 Å². The Morgan fingerprint density at radius 3 is 2.28 bits per heavy atom. The number of tetrazole rings is 1. The van der Waals surface area contributed by atoms with Crippen molar-refractivity contribution in [3.63, 3.8) is 0 Å². The Labute approximate surface area is 173 Å². The van der Waals surface area contributed by atoms with Crippen molar-refractivity contribution in [3.8, 4) is 5.69 Å². The molecule has 0 N–H and O–H groups in total. The summed E-state index contributed by atoms with van der Waals surface area (Å²) in [5, 5.41) is 12.9. The average molecular weight is 409 g/mol. The van der Waals surface area contributed by atoms with Crippen molar-refractivity contribution >= 4 is 23.5 Å². The molecule has 1 amide bonds. The largest absolute Gasteiger partial charge is 0.338 e. The van der Waals surface area contributed by atoms with Gasteiger partial charge in [-0.15, -0.1) is 0 Å². The summed E-state index contributed by atoms with van der Waals surface area (Å²) in [4.78, 5) is 17.4. The molecule has 2 aliphatic rings. The minimum absolute atomic E-state index is 0.224. The number of halogens is 1. The number of nitrogens with zero attached hydrogens (tertiary/aromatic N) is 6. The Kier molecular flexibility index (Phi) is 4.47. The second-order valence-electron chi connectivity index (χ2n) is 7.59. The van der Waals surface area contributed by atoms with Crippen LogP contribution in [0.4, 0.5) is 5.95 Å². The van der Waals surface area contributed by atoms with Crippen molar-refractivity contribution in [1.29, 1.82) is 0 Å². The number of anilines is 1. The molecule has 0 radical (unpaired) electrons. The van der Waals surface area contributed by atoms with E-state index in [1.54, 1.807) is 4.68 Å². The molecule has 8 heteroatoms. The molecule has 7 nitrogen and oxygen atoms in total. The van der Waals surface area contributed by atoms with Gasteiger partial charge >= 0.3 is 0 Å². The standard InChI is InChI=1S/C21H21ClN6O/c22-17-8-6-16(7-9-17)21(10-11-21)19(29)26-12-14-27(15-13-26)20-23-24-25-28(20)18-4-2-1-3-5-18/h1-9H,10-15H2. The molecule has 2 aromatic carbocycles. The van der Waals surface area contributed by atoms with Crippen molar-refractivity contribution in [2.75, 3.05) is 31.1 Å². The Morgan fingerprint density at radius 1 is 0.931 bits per heavy atom. The Balaban J connectivity index is 1.29. The third-order valence-corrected chi connectivity index (χ3v) is 6.11. The molecule has 1 aliphatic heterocycles. The zero-order valence-corrected chi connectivity index (χ0v) is 16.7. The molecular formula is C21H21ClN6O. The highest BCUT2D eigenvalue weighted by Crippen LogP contribution is 2.49. The summed E-state index contributed by atoms with van der Waals surface area (Å²) in [6.45, 7) is 2.73. The number of hydrogen-bond acceptors (Lipinski definition) is 5. The fourth-order valence-corrected chi connectivity index (χ4v) is 4.17. The molecule has 0 atom stereocenters. The van der Waals surface area contributed by atoms with E-state index in [4.69, 9.17) is 11.6 Å². The highest BCUT2D eigenvalue weighted by atomic mass is 35.5. The van der Waals surface area contributed by atoms with Crippen molar-refractivity contribution in [3.05, 3.63) is 65.2 Å². The number of hydrogen-bond donors (Lipinski definition) is 0. The lowest BCUT2D eigenvalue weighted by atomic mass is 9.94. The number of benzene rings is 2. The average Bonchev–Trinajstić information content (AvgIpc) is 3.43. The van der Waals surface area contributed by atoms with Gasteiger partial charge in [0.05, 0.1) is 11.1 Å². The number of rotatable bonds is 4. The minimum atomic E-state index is -0.363. The first-order valence-corrected chi connectivity index (χ1v) is 10.2. The van der Waals surface area contributed by atoms with Gasteiger partial charge in [-0.05, 0) is 53.1 Å². The van der Waals surface area contributed by atoms with E-state index in [-0.39, 0.29) is 11.3 Å². The van der Waals surface area contributed by atoms with Gasteiger partial charge in [-0.2, -0.15) is 4.68 Å². The van der Waals surface area contributed by atoms with Crippen LogP contribution in [0.5, 0.6) is 0 Å². The zero-order valence-electron chi connectivity index (χ0n) is 15.9. The molecule has 148 valence electrons. The molecule has 1 saturated carbocycles. The van der Waals surface area contributed by atoms with E-state index in [0.29, 0.717) is 37.1 Å². The fourth-order valence-electron chi connectivity index (χ4n) is 4.05. The molecule has 0 unspecified atom stereocenters. The number of aromatic nitrogens is 4. The van der Waals surface area contributed by atoms with Crippen LogP contribution < -0.4 is 4.90 Å². The van der Waals surface area contributed by atoms with Gasteiger partial charge in [-0.25, -0.2) is 0 Å². The van der Waals surface area contributed by atoms with E-state index in [9.17, 15) is 4.79 Å². The van der Waals surface area contributed by atoms with Gasteiger partial charge in [0.1, 0.15) is 0 Å². The first-order valence-electron chi connectivity index (χ1n) is 9.82. The lowest BCUT2D eigenvalue weighted by Crippen LogP contribution is -2.52. The number of amides is 1. The van der Waals surface area contributed by atoms with Gasteiger partial charge in [0.2, 0.25) is 11.9 Å². The molecule has 1 aliphatic carbocycles. The van der Waals surface area contributed by atoms with Crippen molar-refractivity contribution in [1.82, 2.24) is 25.1 Å². The van der Waals surface area contributed by atoms with Crippen LogP contribution in [-0.2, 0) is 10.2 Å². The smallest absolute Gasteiger partial charge is 0.250 e. The normalized spacial score (nSPS) is 18.0. The molecule has 29 heavy (non-hydrogen) atoms. The highest BCUT2D eigenvalue weighted by Gasteiger charge is 2.53. The van der Waals surface area contributed by atoms with E-state index in [0.717, 1.165) is 24.1 Å². The first-order chi connectivity index (χ1) is 14.2. The molecule has 5 rings (SSSR count). The molecule has 1 saturated heterocycles. The molecule has 0 bridgehead atoms. The number of para-hydroxylation sites is 1. The molecule has 2 heterocycles. The number of carbonyl (C=O) groups is 1. The van der Waals surface area contributed by atoms with Crippen molar-refractivity contribution < 1.29 is 4.79 Å². The van der Waals surface area contributed by atoms with Crippen LogP contribution in [0.3, 0.4) is 0 Å². The monoisotopic (exact) mass is 408 g/mol. The topological polar surface area (TPSA) is 67.2 Å². The number of piperazine rings is 1. The molecule has 3 aromatic rings. The van der Waals surface area contributed by atoms with Crippen LogP contribution in [-0.4, -0.2) is 57.2 Å². The van der Waals surface area contributed by atoms with E-state index in [2.05, 4.69) is 20.4 Å². The Hall–Kier alpha value is -2.93. The summed E-state index contributed by atoms with van der Waals surface area (Å²) in [7, 11) is 0. The van der Waals surface area contributed by atoms with Crippen LogP contribution in [0.15, 0.2) is 54.6 Å². The van der Waals surface area contributed by atoms with E-state index < -0.39 is 0 Å². The summed E-state index contributed by atoms with van der Waals surface area (Å²) in [6.07, 6.45) is 1.81. The number of carbonyl (C=O) groups excluding carboxylic acids is 1. The maximum Gasteiger partial charge on any atom is 0.250 e. The molecule has 1 aromatic heterocycles. The van der Waals surface area contributed by atoms with Crippen LogP contribution in [0.2, 0.25) is 5.02 Å². The van der Waals surface area contributed by atoms with E-state index >= 15 is 0 Å². The first kappa shape index (κ1) is 18.1. The Morgan fingerprint density at radius 2 is 1.62 bits per heavy atom. The maximum absolute atomic E-state index is 13.3.